The first kappa shape index (κ1) is 11.8. The largest absolute Gasteiger partial charge is 0.396 e. The predicted octanol–water partition coefficient (Wildman–Crippen LogP) is 0.140. The fourth-order valence-corrected chi connectivity index (χ4v) is 1.68. The second-order valence-corrected chi connectivity index (χ2v) is 3.98. The fraction of sp³-hybridized carbons (Fsp3) is 0.545. The summed E-state index contributed by atoms with van der Waals surface area (Å²) in [4.78, 5) is 20.1. The number of nitrogens with two attached hydrogens (primary N) is 1. The fourth-order valence-electron chi connectivity index (χ4n) is 1.68. The smallest absolute Gasteiger partial charge is 0.272 e. The molecule has 0 aliphatic carbocycles. The van der Waals surface area contributed by atoms with E-state index >= 15 is 0 Å². The first-order valence-corrected chi connectivity index (χ1v) is 5.70. The Hall–Kier alpha value is -1.69. The summed E-state index contributed by atoms with van der Waals surface area (Å²) >= 11 is 0. The van der Waals surface area contributed by atoms with Crippen molar-refractivity contribution >= 4 is 11.6 Å². The van der Waals surface area contributed by atoms with Gasteiger partial charge in [0.2, 0.25) is 0 Å². The molecular formula is C11H16N4O2. The molecule has 0 bridgehead atoms. The Morgan fingerprint density at radius 2 is 2.53 bits per heavy atom. The highest BCUT2D eigenvalue weighted by Gasteiger charge is 2.21. The normalized spacial score (nSPS) is 19.2. The van der Waals surface area contributed by atoms with Crippen molar-refractivity contribution < 1.29 is 9.53 Å². The van der Waals surface area contributed by atoms with E-state index in [0.717, 1.165) is 6.42 Å². The van der Waals surface area contributed by atoms with Crippen molar-refractivity contribution in [1.82, 2.24) is 15.3 Å². The molecule has 1 aromatic heterocycles. The molecule has 1 fully saturated rings. The number of anilines is 1. The number of nitrogen functional groups attached to an aromatic ring is 1. The highest BCUT2D eigenvalue weighted by Crippen LogP contribution is 2.10. The number of nitrogens with one attached hydrogen (secondary N) is 1. The minimum absolute atomic E-state index is 0.0574. The topological polar surface area (TPSA) is 90.1 Å². The number of carbonyl (C=O) groups is 1. The number of rotatable bonds is 3. The number of aryl methyl sites for hydroxylation is 1. The molecule has 0 spiro atoms. The van der Waals surface area contributed by atoms with E-state index in [2.05, 4.69) is 15.3 Å². The zero-order chi connectivity index (χ0) is 12.3. The highest BCUT2D eigenvalue weighted by molar-refractivity contribution is 5.97. The van der Waals surface area contributed by atoms with Crippen LogP contribution in [-0.4, -0.2) is 35.1 Å². The Labute approximate surface area is 99.6 Å². The molecule has 0 radical (unpaired) electrons. The van der Waals surface area contributed by atoms with Crippen LogP contribution in [0.15, 0.2) is 6.20 Å². The van der Waals surface area contributed by atoms with E-state index in [1.807, 2.05) is 6.92 Å². The van der Waals surface area contributed by atoms with Gasteiger partial charge in [-0.2, -0.15) is 0 Å². The molecule has 1 atom stereocenters. The SMILES string of the molecule is CCc1ncc(N)c(C(=O)NC2CCOC2)n1. The zero-order valence-corrected chi connectivity index (χ0v) is 9.77. The van der Waals surface area contributed by atoms with Gasteiger partial charge < -0.3 is 15.8 Å². The average Bonchev–Trinajstić information content (AvgIpc) is 2.82. The van der Waals surface area contributed by atoms with Crippen LogP contribution in [0.4, 0.5) is 5.69 Å². The summed E-state index contributed by atoms with van der Waals surface area (Å²) in [5.74, 6) is 0.363. The van der Waals surface area contributed by atoms with Crippen LogP contribution in [0, 0.1) is 0 Å². The minimum Gasteiger partial charge on any atom is -0.396 e. The van der Waals surface area contributed by atoms with Gasteiger partial charge in [-0.05, 0) is 6.42 Å². The molecule has 3 N–H and O–H groups in total. The Bertz CT molecular complexity index is 416. The van der Waals surface area contributed by atoms with Gasteiger partial charge >= 0.3 is 0 Å². The predicted molar refractivity (Wildman–Crippen MR) is 62.5 cm³/mol. The molecular weight excluding hydrogens is 220 g/mol. The van der Waals surface area contributed by atoms with Crippen molar-refractivity contribution in [3.8, 4) is 0 Å². The molecule has 17 heavy (non-hydrogen) atoms. The molecule has 2 heterocycles. The third-order valence-electron chi connectivity index (χ3n) is 2.66. The first-order valence-electron chi connectivity index (χ1n) is 5.70. The highest BCUT2D eigenvalue weighted by atomic mass is 16.5. The molecule has 1 aliphatic rings. The molecule has 92 valence electrons. The maximum absolute atomic E-state index is 12.0. The average molecular weight is 236 g/mol. The van der Waals surface area contributed by atoms with Crippen LogP contribution in [0.25, 0.3) is 0 Å². The number of carbonyl (C=O) groups excluding carboxylic acids is 1. The van der Waals surface area contributed by atoms with Crippen LogP contribution in [0.1, 0.15) is 29.7 Å². The van der Waals surface area contributed by atoms with E-state index in [0.29, 0.717) is 31.1 Å². The van der Waals surface area contributed by atoms with Crippen molar-refractivity contribution in [2.24, 2.45) is 0 Å². The summed E-state index contributed by atoms with van der Waals surface area (Å²) in [6, 6.07) is 0.0574. The summed E-state index contributed by atoms with van der Waals surface area (Å²) in [5, 5.41) is 2.85. The van der Waals surface area contributed by atoms with Gasteiger partial charge in [0.15, 0.2) is 5.69 Å². The van der Waals surface area contributed by atoms with Crippen molar-refractivity contribution in [2.45, 2.75) is 25.8 Å². The van der Waals surface area contributed by atoms with Crippen molar-refractivity contribution in [3.63, 3.8) is 0 Å². The second kappa shape index (κ2) is 5.09. The number of ether oxygens (including phenoxy) is 1. The van der Waals surface area contributed by atoms with Crippen LogP contribution in [0.3, 0.4) is 0 Å². The van der Waals surface area contributed by atoms with Gasteiger partial charge in [-0.25, -0.2) is 9.97 Å². The molecule has 1 aromatic rings. The number of hydrogen-bond donors (Lipinski definition) is 2. The maximum Gasteiger partial charge on any atom is 0.272 e. The molecule has 6 heteroatoms. The van der Waals surface area contributed by atoms with E-state index in [1.54, 1.807) is 0 Å². The molecule has 0 saturated carbocycles. The third kappa shape index (κ3) is 2.71. The monoisotopic (exact) mass is 236 g/mol. The van der Waals surface area contributed by atoms with Crippen LogP contribution in [-0.2, 0) is 11.2 Å². The molecule has 1 aliphatic heterocycles. The first-order chi connectivity index (χ1) is 8.20. The Morgan fingerprint density at radius 1 is 1.71 bits per heavy atom. The molecule has 1 amide bonds. The van der Waals surface area contributed by atoms with Crippen LogP contribution >= 0.6 is 0 Å². The lowest BCUT2D eigenvalue weighted by molar-refractivity contribution is 0.0925. The summed E-state index contributed by atoms with van der Waals surface area (Å²) in [6.45, 7) is 3.17. The van der Waals surface area contributed by atoms with Gasteiger partial charge in [0.1, 0.15) is 5.82 Å². The zero-order valence-electron chi connectivity index (χ0n) is 9.77. The molecule has 1 unspecified atom stereocenters. The van der Waals surface area contributed by atoms with Crippen LogP contribution < -0.4 is 11.1 Å². The second-order valence-electron chi connectivity index (χ2n) is 3.98. The van der Waals surface area contributed by atoms with Gasteiger partial charge in [0, 0.05) is 13.0 Å². The number of nitrogens with zero attached hydrogens (tertiary/aromatic N) is 2. The quantitative estimate of drug-likeness (QED) is 0.779. The summed E-state index contributed by atoms with van der Waals surface area (Å²) in [6.07, 6.45) is 2.98. The standard InChI is InChI=1S/C11H16N4O2/c1-2-9-13-5-8(12)10(15-9)11(16)14-7-3-4-17-6-7/h5,7H,2-4,6,12H2,1H3,(H,14,16). The van der Waals surface area contributed by atoms with E-state index < -0.39 is 0 Å². The lowest BCUT2D eigenvalue weighted by Crippen LogP contribution is -2.36. The van der Waals surface area contributed by atoms with E-state index in [4.69, 9.17) is 10.5 Å². The maximum atomic E-state index is 12.0. The lowest BCUT2D eigenvalue weighted by atomic mass is 10.2. The Balaban J connectivity index is 2.11. The van der Waals surface area contributed by atoms with Gasteiger partial charge in [0.05, 0.1) is 24.5 Å². The van der Waals surface area contributed by atoms with Crippen LogP contribution in [0.2, 0.25) is 0 Å². The Morgan fingerprint density at radius 3 is 3.18 bits per heavy atom. The van der Waals surface area contributed by atoms with E-state index in [9.17, 15) is 4.79 Å². The van der Waals surface area contributed by atoms with E-state index in [1.165, 1.54) is 6.20 Å². The molecule has 2 rings (SSSR count). The van der Waals surface area contributed by atoms with Crippen molar-refractivity contribution in [2.75, 3.05) is 18.9 Å². The lowest BCUT2D eigenvalue weighted by Gasteiger charge is -2.11. The van der Waals surface area contributed by atoms with Crippen molar-refractivity contribution in [1.29, 1.82) is 0 Å². The summed E-state index contributed by atoms with van der Waals surface area (Å²) in [5.41, 5.74) is 6.26. The third-order valence-corrected chi connectivity index (χ3v) is 2.66. The summed E-state index contributed by atoms with van der Waals surface area (Å²) < 4.78 is 5.19. The van der Waals surface area contributed by atoms with Gasteiger partial charge in [-0.1, -0.05) is 6.92 Å². The van der Waals surface area contributed by atoms with E-state index in [-0.39, 0.29) is 17.6 Å². The number of aromatic nitrogens is 2. The molecule has 1 saturated heterocycles. The number of hydrogen-bond acceptors (Lipinski definition) is 5. The molecule has 6 nitrogen and oxygen atoms in total. The van der Waals surface area contributed by atoms with Gasteiger partial charge in [-0.3, -0.25) is 4.79 Å². The Kier molecular flexibility index (Phi) is 3.53. The summed E-state index contributed by atoms with van der Waals surface area (Å²) in [7, 11) is 0. The van der Waals surface area contributed by atoms with Gasteiger partial charge in [-0.15, -0.1) is 0 Å². The minimum atomic E-state index is -0.255. The van der Waals surface area contributed by atoms with Crippen LogP contribution in [0.5, 0.6) is 0 Å². The van der Waals surface area contributed by atoms with Crippen molar-refractivity contribution in [3.05, 3.63) is 17.7 Å². The number of amides is 1. The van der Waals surface area contributed by atoms with Gasteiger partial charge in [0.25, 0.3) is 5.91 Å². The molecule has 0 aromatic carbocycles.